The van der Waals surface area contributed by atoms with Crippen LogP contribution in [0.3, 0.4) is 0 Å². The van der Waals surface area contributed by atoms with Gasteiger partial charge in [0, 0.05) is 5.33 Å². The molecule has 0 aliphatic carbocycles. The van der Waals surface area contributed by atoms with Crippen molar-refractivity contribution in [2.45, 2.75) is 12.6 Å². The number of alkyl halides is 1. The zero-order valence-electron chi connectivity index (χ0n) is 4.05. The molecule has 4 heteroatoms. The highest BCUT2D eigenvalue weighted by Crippen LogP contribution is 2.19. The van der Waals surface area contributed by atoms with Crippen molar-refractivity contribution in [3.05, 3.63) is 0 Å². The van der Waals surface area contributed by atoms with Crippen LogP contribution in [0.25, 0.3) is 0 Å². The van der Waals surface area contributed by atoms with E-state index in [1.165, 1.54) is 0 Å². The first-order chi connectivity index (χ1) is 3.06. The molecule has 0 N–H and O–H groups in total. The van der Waals surface area contributed by atoms with Crippen LogP contribution in [0.5, 0.6) is 0 Å². The Labute approximate surface area is 62.7 Å². The number of halogens is 3. The quantitative estimate of drug-likeness (QED) is 0.382. The lowest BCUT2D eigenvalue weighted by Crippen LogP contribution is -2.11. The van der Waals surface area contributed by atoms with Gasteiger partial charge in [0.2, 0.25) is 6.69 Å². The van der Waals surface area contributed by atoms with Crippen molar-refractivity contribution in [3.8, 4) is 0 Å². The molecule has 0 saturated heterocycles. The molecule has 0 rings (SSSR count). The van der Waals surface area contributed by atoms with E-state index >= 15 is 0 Å². The average Bonchev–Trinajstić information content (AvgIpc) is 1.30. The summed E-state index contributed by atoms with van der Waals surface area (Å²) >= 11 is 14.7. The van der Waals surface area contributed by atoms with Gasteiger partial charge in [-0.05, 0) is 12.6 Å². The lowest BCUT2D eigenvalue weighted by molar-refractivity contribution is 1.48. The van der Waals surface area contributed by atoms with Crippen LogP contribution >= 0.6 is 38.1 Å². The fraction of sp³-hybridized carbons (Fsp3) is 1.00. The summed E-state index contributed by atoms with van der Waals surface area (Å²) in [6.07, 6.45) is 0. The summed E-state index contributed by atoms with van der Waals surface area (Å²) in [4.78, 5) is 0. The van der Waals surface area contributed by atoms with Crippen LogP contribution in [-0.4, -0.2) is 12.0 Å². The Hall–Kier alpha value is 1.28. The van der Waals surface area contributed by atoms with E-state index in [1.807, 2.05) is 6.55 Å². The molecule has 0 atom stereocenters. The normalized spacial score (nSPS) is 12.0. The molecule has 44 valence electrons. The zero-order chi connectivity index (χ0) is 5.91. The lowest BCUT2D eigenvalue weighted by atomic mass is 11.0. The minimum Gasteiger partial charge on any atom is -0.146 e. The SMILES string of the molecule is C[Si](Cl)(Cl)CCBr. The monoisotopic (exact) mass is 220 g/mol. The molecular weight excluding hydrogens is 215 g/mol. The third kappa shape index (κ3) is 7.28. The highest BCUT2D eigenvalue weighted by Gasteiger charge is 2.18. The van der Waals surface area contributed by atoms with Crippen LogP contribution in [0.15, 0.2) is 0 Å². The van der Waals surface area contributed by atoms with Gasteiger partial charge >= 0.3 is 0 Å². The van der Waals surface area contributed by atoms with Crippen LogP contribution < -0.4 is 0 Å². The second kappa shape index (κ2) is 3.33. The fourth-order valence-electron chi connectivity index (χ4n) is 0.166. The van der Waals surface area contributed by atoms with Gasteiger partial charge < -0.3 is 0 Å². The summed E-state index contributed by atoms with van der Waals surface area (Å²) in [6, 6.07) is 0.927. The molecule has 0 aromatic rings. The van der Waals surface area contributed by atoms with Crippen molar-refractivity contribution >= 4 is 44.8 Å². The molecule has 0 saturated carbocycles. The Morgan fingerprint density at radius 1 is 1.57 bits per heavy atom. The molecular formula is C3H7BrCl2Si. The molecule has 0 bridgehead atoms. The molecule has 0 aliphatic rings. The number of hydrogen-bond donors (Lipinski definition) is 0. The molecule has 0 nitrogen and oxygen atoms in total. The standard InChI is InChI=1S/C3H7BrCl2Si/c1-7(5,6)3-2-4/h2-3H2,1H3. The summed E-state index contributed by atoms with van der Waals surface area (Å²) < 4.78 is 0. The van der Waals surface area contributed by atoms with Crippen LogP contribution in [0.2, 0.25) is 12.6 Å². The van der Waals surface area contributed by atoms with Gasteiger partial charge in [-0.1, -0.05) is 15.9 Å². The summed E-state index contributed by atoms with van der Waals surface area (Å²) in [5.74, 6) is 0. The molecule has 0 radical (unpaired) electrons. The van der Waals surface area contributed by atoms with Crippen LogP contribution in [-0.2, 0) is 0 Å². The van der Waals surface area contributed by atoms with E-state index in [4.69, 9.17) is 22.2 Å². The second-order valence-electron chi connectivity index (χ2n) is 1.51. The third-order valence-corrected chi connectivity index (χ3v) is 3.92. The Kier molecular flexibility index (Phi) is 3.94. The van der Waals surface area contributed by atoms with E-state index in [0.717, 1.165) is 11.4 Å². The summed E-state index contributed by atoms with van der Waals surface area (Å²) in [5, 5.41) is 0.919. The van der Waals surface area contributed by atoms with E-state index in [-0.39, 0.29) is 0 Å². The van der Waals surface area contributed by atoms with E-state index < -0.39 is 6.69 Å². The molecule has 0 fully saturated rings. The minimum absolute atomic E-state index is 0.919. The highest BCUT2D eigenvalue weighted by molar-refractivity contribution is 9.09. The van der Waals surface area contributed by atoms with E-state index in [0.29, 0.717) is 0 Å². The van der Waals surface area contributed by atoms with Crippen molar-refractivity contribution in [2.24, 2.45) is 0 Å². The van der Waals surface area contributed by atoms with E-state index in [9.17, 15) is 0 Å². The molecule has 0 unspecified atom stereocenters. The van der Waals surface area contributed by atoms with Crippen molar-refractivity contribution in [3.63, 3.8) is 0 Å². The Bertz CT molecular complexity index is 51.4. The maximum Gasteiger partial charge on any atom is 0.249 e. The van der Waals surface area contributed by atoms with Crippen molar-refractivity contribution in [1.29, 1.82) is 0 Å². The Morgan fingerprint density at radius 3 is 2.00 bits per heavy atom. The van der Waals surface area contributed by atoms with Crippen molar-refractivity contribution in [1.82, 2.24) is 0 Å². The smallest absolute Gasteiger partial charge is 0.146 e. The molecule has 0 aromatic heterocycles. The van der Waals surface area contributed by atoms with E-state index in [1.54, 1.807) is 0 Å². The first-order valence-corrected chi connectivity index (χ1v) is 7.85. The number of hydrogen-bond acceptors (Lipinski definition) is 0. The summed E-state index contributed by atoms with van der Waals surface area (Å²) in [6.45, 7) is 0.154. The van der Waals surface area contributed by atoms with Gasteiger partial charge in [0.1, 0.15) is 0 Å². The van der Waals surface area contributed by atoms with Gasteiger partial charge in [-0.15, -0.1) is 22.2 Å². The molecule has 0 spiro atoms. The topological polar surface area (TPSA) is 0 Å². The fourth-order valence-corrected chi connectivity index (χ4v) is 4.81. The van der Waals surface area contributed by atoms with Gasteiger partial charge in [0.05, 0.1) is 0 Å². The van der Waals surface area contributed by atoms with Gasteiger partial charge in [0.25, 0.3) is 0 Å². The molecule has 0 heterocycles. The van der Waals surface area contributed by atoms with Gasteiger partial charge in [-0.2, -0.15) is 0 Å². The van der Waals surface area contributed by atoms with E-state index in [2.05, 4.69) is 15.9 Å². The molecule has 0 aromatic carbocycles. The predicted molar refractivity (Wildman–Crippen MR) is 41.9 cm³/mol. The predicted octanol–water partition coefficient (Wildman–Crippen LogP) is 2.93. The second-order valence-corrected chi connectivity index (χ2v) is 10.5. The van der Waals surface area contributed by atoms with Crippen LogP contribution in [0.4, 0.5) is 0 Å². The summed E-state index contributed by atoms with van der Waals surface area (Å²) in [5.41, 5.74) is 0. The van der Waals surface area contributed by atoms with Crippen molar-refractivity contribution < 1.29 is 0 Å². The number of rotatable bonds is 2. The zero-order valence-corrected chi connectivity index (χ0v) is 8.15. The molecule has 7 heavy (non-hydrogen) atoms. The Balaban J connectivity index is 3.15. The largest absolute Gasteiger partial charge is 0.249 e. The minimum atomic E-state index is -1.76. The maximum atomic E-state index is 5.71. The van der Waals surface area contributed by atoms with Crippen LogP contribution in [0, 0.1) is 0 Å². The maximum absolute atomic E-state index is 5.71. The van der Waals surface area contributed by atoms with Crippen molar-refractivity contribution in [2.75, 3.05) is 5.33 Å². The molecule has 0 aliphatic heterocycles. The molecule has 0 amide bonds. The van der Waals surface area contributed by atoms with Gasteiger partial charge in [-0.3, -0.25) is 0 Å². The van der Waals surface area contributed by atoms with Gasteiger partial charge in [0.15, 0.2) is 0 Å². The average molecular weight is 222 g/mol. The summed E-state index contributed by atoms with van der Waals surface area (Å²) in [7, 11) is 0. The third-order valence-electron chi connectivity index (χ3n) is 0.533. The lowest BCUT2D eigenvalue weighted by Gasteiger charge is -2.04. The van der Waals surface area contributed by atoms with Gasteiger partial charge in [-0.25, -0.2) is 0 Å². The van der Waals surface area contributed by atoms with Crippen LogP contribution in [0.1, 0.15) is 0 Å². The highest BCUT2D eigenvalue weighted by atomic mass is 79.9. The Morgan fingerprint density at radius 2 is 2.00 bits per heavy atom. The first kappa shape index (κ1) is 8.28. The first-order valence-electron chi connectivity index (χ1n) is 2.00.